The van der Waals surface area contributed by atoms with Gasteiger partial charge < -0.3 is 34.5 Å². The predicted molar refractivity (Wildman–Crippen MR) is 93.8 cm³/mol. The number of anilines is 1. The second-order valence-electron chi connectivity index (χ2n) is 6.12. The van der Waals surface area contributed by atoms with Crippen molar-refractivity contribution < 1.29 is 43.2 Å². The number of rotatable bonds is 6. The third-order valence-corrected chi connectivity index (χ3v) is 3.96. The Morgan fingerprint density at radius 1 is 1.21 bits per heavy atom. The molecule has 1 aromatic carbocycles. The molecule has 0 spiro atoms. The Kier molecular flexibility index (Phi) is 7.18. The topological polar surface area (TPSA) is 144 Å². The van der Waals surface area contributed by atoms with Gasteiger partial charge in [0.1, 0.15) is 11.9 Å². The predicted octanol–water partition coefficient (Wildman–Crippen LogP) is 0.291. The smallest absolute Gasteiger partial charge is 0.335 e. The van der Waals surface area contributed by atoms with Crippen molar-refractivity contribution in [1.82, 2.24) is 0 Å². The second-order valence-corrected chi connectivity index (χ2v) is 6.12. The third kappa shape index (κ3) is 5.33. The van der Waals surface area contributed by atoms with Gasteiger partial charge in [0.2, 0.25) is 12.4 Å². The van der Waals surface area contributed by atoms with E-state index in [4.69, 9.17) is 29.4 Å². The number of hydrogen-bond donors (Lipinski definition) is 2. The molecular weight excluding hydrogens is 374 g/mol. The third-order valence-electron chi connectivity index (χ3n) is 3.96. The summed E-state index contributed by atoms with van der Waals surface area (Å²) in [5.41, 5.74) is 6.68. The van der Waals surface area contributed by atoms with Crippen LogP contribution in [0, 0.1) is 0 Å². The summed E-state index contributed by atoms with van der Waals surface area (Å²) >= 11 is 0. The summed E-state index contributed by atoms with van der Waals surface area (Å²) in [4.78, 5) is 35.0. The fourth-order valence-electron chi connectivity index (χ4n) is 2.77. The van der Waals surface area contributed by atoms with Crippen molar-refractivity contribution in [1.29, 1.82) is 0 Å². The normalized spacial score (nSPS) is 24.1. The summed E-state index contributed by atoms with van der Waals surface area (Å²) in [6, 6.07) is 4.58. The molecule has 0 aliphatic carbocycles. The van der Waals surface area contributed by atoms with Gasteiger partial charge in [0.15, 0.2) is 6.10 Å². The zero-order valence-corrected chi connectivity index (χ0v) is 15.7. The van der Waals surface area contributed by atoms with E-state index in [9.17, 15) is 19.5 Å². The van der Waals surface area contributed by atoms with Gasteiger partial charge in [0, 0.05) is 20.3 Å². The Morgan fingerprint density at radius 3 is 2.43 bits per heavy atom. The van der Waals surface area contributed by atoms with Crippen molar-refractivity contribution in [2.75, 3.05) is 12.8 Å². The number of esters is 3. The van der Waals surface area contributed by atoms with Crippen LogP contribution in [0.25, 0.3) is 0 Å². The molecule has 2 rings (SSSR count). The summed E-state index contributed by atoms with van der Waals surface area (Å²) in [7, 11) is 1.19. The van der Waals surface area contributed by atoms with Crippen molar-refractivity contribution in [3.8, 4) is 5.75 Å². The Hall–Kier alpha value is -2.85. The van der Waals surface area contributed by atoms with Crippen molar-refractivity contribution in [2.45, 2.75) is 51.5 Å². The van der Waals surface area contributed by atoms with Gasteiger partial charge in [0.05, 0.1) is 19.4 Å². The molecule has 0 bridgehead atoms. The van der Waals surface area contributed by atoms with Crippen molar-refractivity contribution in [2.24, 2.45) is 0 Å². The number of hydrogen-bond acceptors (Lipinski definition) is 10. The van der Waals surface area contributed by atoms with E-state index in [2.05, 4.69) is 0 Å². The molecular formula is C18H23NO9. The molecule has 1 heterocycles. The molecule has 0 aromatic heterocycles. The van der Waals surface area contributed by atoms with Crippen LogP contribution in [0.5, 0.6) is 5.75 Å². The van der Waals surface area contributed by atoms with Gasteiger partial charge in [-0.2, -0.15) is 0 Å². The lowest BCUT2D eigenvalue weighted by Crippen LogP contribution is -2.55. The van der Waals surface area contributed by atoms with Crippen LogP contribution < -0.4 is 10.5 Å². The molecule has 1 unspecified atom stereocenters. The minimum absolute atomic E-state index is 0.0804. The van der Waals surface area contributed by atoms with Crippen LogP contribution >= 0.6 is 0 Å². The number of methoxy groups -OCH3 is 1. The van der Waals surface area contributed by atoms with Crippen LogP contribution in [0.3, 0.4) is 0 Å². The maximum absolute atomic E-state index is 12.0. The average Bonchev–Trinajstić information content (AvgIpc) is 2.64. The zero-order chi connectivity index (χ0) is 20.8. The van der Waals surface area contributed by atoms with Gasteiger partial charge in [-0.05, 0) is 17.7 Å². The van der Waals surface area contributed by atoms with E-state index in [0.29, 0.717) is 5.56 Å². The van der Waals surface area contributed by atoms with Crippen molar-refractivity contribution in [3.05, 3.63) is 23.8 Å². The van der Waals surface area contributed by atoms with Crippen molar-refractivity contribution >= 4 is 23.6 Å². The van der Waals surface area contributed by atoms with Crippen LogP contribution in [-0.2, 0) is 39.9 Å². The summed E-state index contributed by atoms with van der Waals surface area (Å²) in [6.07, 6.45) is -4.62. The fourth-order valence-corrected chi connectivity index (χ4v) is 2.77. The first-order valence-electron chi connectivity index (χ1n) is 8.48. The SMILES string of the molecule is COC(=O)[C@H]1CC(OC(C)=O)[C@H](OC(C)=O)[C@@H](Oc2ccc(CO)cc2N)O1. The number of nitrogens with two attached hydrogens (primary N) is 1. The molecule has 10 nitrogen and oxygen atoms in total. The molecule has 28 heavy (non-hydrogen) atoms. The lowest BCUT2D eigenvalue weighted by molar-refractivity contribution is -0.251. The second kappa shape index (κ2) is 9.38. The Balaban J connectivity index is 2.34. The molecule has 0 radical (unpaired) electrons. The van der Waals surface area contributed by atoms with Gasteiger partial charge in [-0.3, -0.25) is 9.59 Å². The van der Waals surface area contributed by atoms with Gasteiger partial charge >= 0.3 is 17.9 Å². The van der Waals surface area contributed by atoms with Crippen LogP contribution in [0.1, 0.15) is 25.8 Å². The molecule has 4 atom stereocenters. The number of nitrogen functional groups attached to an aromatic ring is 1. The lowest BCUT2D eigenvalue weighted by atomic mass is 10.0. The highest BCUT2D eigenvalue weighted by atomic mass is 16.7. The van der Waals surface area contributed by atoms with Crippen LogP contribution in [0.4, 0.5) is 5.69 Å². The monoisotopic (exact) mass is 397 g/mol. The average molecular weight is 397 g/mol. The van der Waals surface area contributed by atoms with Gasteiger partial charge in [0.25, 0.3) is 0 Å². The molecule has 3 N–H and O–H groups in total. The molecule has 1 fully saturated rings. The Bertz CT molecular complexity index is 736. The molecule has 154 valence electrons. The minimum Gasteiger partial charge on any atom is -0.467 e. The van der Waals surface area contributed by atoms with E-state index in [1.54, 1.807) is 6.07 Å². The summed E-state index contributed by atoms with van der Waals surface area (Å²) in [5.74, 6) is -1.81. The molecule has 1 aromatic rings. The van der Waals surface area contributed by atoms with E-state index in [1.807, 2.05) is 0 Å². The molecule has 10 heteroatoms. The maximum atomic E-state index is 12.0. The molecule has 1 saturated heterocycles. The quantitative estimate of drug-likeness (QED) is 0.390. The lowest BCUT2D eigenvalue weighted by Gasteiger charge is -2.39. The number of ether oxygens (including phenoxy) is 5. The first kappa shape index (κ1) is 21.5. The van der Waals surface area contributed by atoms with E-state index in [1.165, 1.54) is 33.1 Å². The molecule has 1 aliphatic heterocycles. The number of carbonyl (C=O) groups excluding carboxylic acids is 3. The summed E-state index contributed by atoms with van der Waals surface area (Å²) in [6.45, 7) is 2.16. The van der Waals surface area contributed by atoms with Gasteiger partial charge in [-0.1, -0.05) is 6.07 Å². The largest absolute Gasteiger partial charge is 0.467 e. The Morgan fingerprint density at radius 2 is 1.89 bits per heavy atom. The van der Waals surface area contributed by atoms with E-state index in [-0.39, 0.29) is 24.5 Å². The van der Waals surface area contributed by atoms with Gasteiger partial charge in [-0.15, -0.1) is 0 Å². The van der Waals surface area contributed by atoms with E-state index in [0.717, 1.165) is 0 Å². The number of benzene rings is 1. The maximum Gasteiger partial charge on any atom is 0.335 e. The van der Waals surface area contributed by atoms with Crippen LogP contribution in [0.15, 0.2) is 18.2 Å². The van der Waals surface area contributed by atoms with E-state index >= 15 is 0 Å². The Labute approximate surface area is 161 Å². The zero-order valence-electron chi connectivity index (χ0n) is 15.7. The number of carbonyl (C=O) groups is 3. The number of aliphatic hydroxyl groups excluding tert-OH is 1. The fraction of sp³-hybridized carbons (Fsp3) is 0.500. The highest BCUT2D eigenvalue weighted by Gasteiger charge is 2.47. The van der Waals surface area contributed by atoms with Crippen LogP contribution in [0.2, 0.25) is 0 Å². The highest BCUT2D eigenvalue weighted by molar-refractivity contribution is 5.75. The summed E-state index contributed by atoms with van der Waals surface area (Å²) in [5, 5.41) is 9.18. The van der Waals surface area contributed by atoms with Gasteiger partial charge in [-0.25, -0.2) is 4.79 Å². The summed E-state index contributed by atoms with van der Waals surface area (Å²) < 4.78 is 26.5. The van der Waals surface area contributed by atoms with Crippen molar-refractivity contribution in [3.63, 3.8) is 0 Å². The first-order chi connectivity index (χ1) is 13.2. The standard InChI is InChI=1S/C18H23NO9/c1-9(21)25-14-7-15(17(23)24-3)28-18(16(14)26-10(2)22)27-13-5-4-11(8-20)6-12(13)19/h4-6,14-16,18,20H,7-8,19H2,1-3H3/t14?,15-,16+,18+/m1/s1. The molecule has 1 aliphatic rings. The van der Waals surface area contributed by atoms with Crippen LogP contribution in [-0.4, -0.2) is 54.7 Å². The first-order valence-corrected chi connectivity index (χ1v) is 8.48. The minimum atomic E-state index is -1.30. The van der Waals surface area contributed by atoms with E-state index < -0.39 is 42.5 Å². The molecule has 0 saturated carbocycles. The number of aliphatic hydroxyl groups is 1. The highest BCUT2D eigenvalue weighted by Crippen LogP contribution is 2.31. The molecule has 0 amide bonds.